The number of aliphatic carboxylic acids is 1. The molecule has 1 aliphatic carbocycles. The smallest absolute Gasteiger partial charge is 0.304 e. The van der Waals surface area contributed by atoms with Crippen molar-refractivity contribution in [2.24, 2.45) is 0 Å². The second-order valence-electron chi connectivity index (χ2n) is 4.73. The highest BCUT2D eigenvalue weighted by Crippen LogP contribution is 2.55. The Labute approximate surface area is 110 Å². The summed E-state index contributed by atoms with van der Waals surface area (Å²) in [5, 5.41) is 8.97. The van der Waals surface area contributed by atoms with Crippen LogP contribution in [0.4, 0.5) is 4.39 Å². The molecule has 0 aromatic heterocycles. The number of benzene rings is 1. The van der Waals surface area contributed by atoms with Crippen LogP contribution in [0.3, 0.4) is 0 Å². The first-order valence-electron chi connectivity index (χ1n) is 5.66. The van der Waals surface area contributed by atoms with Gasteiger partial charge in [-0.2, -0.15) is 0 Å². The maximum Gasteiger partial charge on any atom is 0.304 e. The van der Waals surface area contributed by atoms with Crippen LogP contribution < -0.4 is 4.74 Å². The number of carboxylic acids is 1. The monoisotopic (exact) mass is 272 g/mol. The SMILES string of the molecule is COc1c(C2(CC(=O)O)CC2)cc(Cl)c(F)c1C. The third kappa shape index (κ3) is 2.05. The minimum atomic E-state index is -0.868. The summed E-state index contributed by atoms with van der Waals surface area (Å²) in [6.45, 7) is 1.58. The quantitative estimate of drug-likeness (QED) is 0.915. The van der Waals surface area contributed by atoms with E-state index in [4.69, 9.17) is 21.4 Å². The van der Waals surface area contributed by atoms with E-state index in [2.05, 4.69) is 0 Å². The van der Waals surface area contributed by atoms with Gasteiger partial charge in [-0.05, 0) is 25.8 Å². The number of halogens is 2. The average Bonchev–Trinajstić information content (AvgIpc) is 3.05. The highest BCUT2D eigenvalue weighted by Gasteiger charge is 2.48. The lowest BCUT2D eigenvalue weighted by atomic mass is 9.90. The summed E-state index contributed by atoms with van der Waals surface area (Å²) in [5.41, 5.74) is 0.590. The molecule has 0 bridgehead atoms. The van der Waals surface area contributed by atoms with Crippen molar-refractivity contribution >= 4 is 17.6 Å². The van der Waals surface area contributed by atoms with Gasteiger partial charge in [-0.1, -0.05) is 11.6 Å². The van der Waals surface area contributed by atoms with E-state index < -0.39 is 17.2 Å². The molecule has 5 heteroatoms. The number of rotatable bonds is 4. The summed E-state index contributed by atoms with van der Waals surface area (Å²) in [7, 11) is 1.45. The summed E-state index contributed by atoms with van der Waals surface area (Å²) < 4.78 is 18.9. The van der Waals surface area contributed by atoms with Gasteiger partial charge >= 0.3 is 5.97 Å². The average molecular weight is 273 g/mol. The molecule has 2 rings (SSSR count). The molecule has 1 aromatic carbocycles. The minimum absolute atomic E-state index is 0.0139. The van der Waals surface area contributed by atoms with Crippen molar-refractivity contribution in [1.82, 2.24) is 0 Å². The number of hydrogen-bond donors (Lipinski definition) is 1. The van der Waals surface area contributed by atoms with Crippen molar-refractivity contribution in [2.75, 3.05) is 7.11 Å². The molecule has 0 unspecified atom stereocenters. The van der Waals surface area contributed by atoms with Crippen LogP contribution in [0.2, 0.25) is 5.02 Å². The second kappa shape index (κ2) is 4.43. The standard InChI is InChI=1S/C13H14ClFO3/c1-7-11(15)9(14)5-8(12(7)18-2)13(3-4-13)6-10(16)17/h5H,3-4,6H2,1-2H3,(H,16,17). The van der Waals surface area contributed by atoms with Crippen LogP contribution >= 0.6 is 11.6 Å². The van der Waals surface area contributed by atoms with Crippen LogP contribution in [0.15, 0.2) is 6.07 Å². The number of methoxy groups -OCH3 is 1. The van der Waals surface area contributed by atoms with E-state index in [9.17, 15) is 9.18 Å². The van der Waals surface area contributed by atoms with Crippen LogP contribution in [-0.4, -0.2) is 18.2 Å². The first kappa shape index (κ1) is 13.1. The number of carbonyl (C=O) groups is 1. The van der Waals surface area contributed by atoms with Crippen molar-refractivity contribution in [3.05, 3.63) is 28.0 Å². The summed E-state index contributed by atoms with van der Waals surface area (Å²) >= 11 is 5.84. The Bertz CT molecular complexity index is 509. The fourth-order valence-corrected chi connectivity index (χ4v) is 2.63. The van der Waals surface area contributed by atoms with E-state index in [0.29, 0.717) is 16.9 Å². The van der Waals surface area contributed by atoms with Crippen LogP contribution in [0, 0.1) is 12.7 Å². The molecule has 1 fully saturated rings. The Morgan fingerprint density at radius 1 is 1.61 bits per heavy atom. The van der Waals surface area contributed by atoms with Gasteiger partial charge in [0.05, 0.1) is 18.6 Å². The Morgan fingerprint density at radius 2 is 2.22 bits per heavy atom. The molecular weight excluding hydrogens is 259 g/mol. The lowest BCUT2D eigenvalue weighted by Gasteiger charge is -2.19. The van der Waals surface area contributed by atoms with Gasteiger partial charge in [-0.15, -0.1) is 0 Å². The van der Waals surface area contributed by atoms with Crippen molar-refractivity contribution in [1.29, 1.82) is 0 Å². The van der Waals surface area contributed by atoms with Crippen molar-refractivity contribution in [2.45, 2.75) is 31.6 Å². The summed E-state index contributed by atoms with van der Waals surface area (Å²) in [5.74, 6) is -0.966. The number of hydrogen-bond acceptors (Lipinski definition) is 2. The summed E-state index contributed by atoms with van der Waals surface area (Å²) in [6, 6.07) is 1.50. The minimum Gasteiger partial charge on any atom is -0.496 e. The van der Waals surface area contributed by atoms with Gasteiger partial charge in [0.25, 0.3) is 0 Å². The molecule has 1 saturated carbocycles. The molecule has 98 valence electrons. The van der Waals surface area contributed by atoms with Gasteiger partial charge in [-0.3, -0.25) is 4.79 Å². The first-order chi connectivity index (χ1) is 8.41. The van der Waals surface area contributed by atoms with E-state index in [-0.39, 0.29) is 11.4 Å². The summed E-state index contributed by atoms with van der Waals surface area (Å²) in [6.07, 6.45) is 1.54. The highest BCUT2D eigenvalue weighted by atomic mass is 35.5. The lowest BCUT2D eigenvalue weighted by molar-refractivity contribution is -0.137. The molecule has 0 amide bonds. The van der Waals surface area contributed by atoms with Crippen LogP contribution in [0.25, 0.3) is 0 Å². The molecule has 0 aliphatic heterocycles. The molecule has 1 aliphatic rings. The molecule has 1 aromatic rings. The molecule has 0 heterocycles. The maximum atomic E-state index is 13.7. The molecule has 3 nitrogen and oxygen atoms in total. The zero-order valence-electron chi connectivity index (χ0n) is 10.2. The normalized spacial score (nSPS) is 16.4. The fourth-order valence-electron chi connectivity index (χ4n) is 2.38. The largest absolute Gasteiger partial charge is 0.496 e. The Morgan fingerprint density at radius 3 is 2.67 bits per heavy atom. The predicted octanol–water partition coefficient (Wildman–Crippen LogP) is 3.30. The molecule has 0 spiro atoms. The van der Waals surface area contributed by atoms with Gasteiger partial charge in [0.15, 0.2) is 0 Å². The van der Waals surface area contributed by atoms with E-state index in [1.807, 2.05) is 0 Å². The van der Waals surface area contributed by atoms with Crippen molar-refractivity contribution in [3.63, 3.8) is 0 Å². The van der Waals surface area contributed by atoms with Crippen LogP contribution in [-0.2, 0) is 10.2 Å². The molecule has 18 heavy (non-hydrogen) atoms. The topological polar surface area (TPSA) is 46.5 Å². The third-order valence-corrected chi connectivity index (χ3v) is 3.79. The third-order valence-electron chi connectivity index (χ3n) is 3.51. The van der Waals surface area contributed by atoms with Gasteiger partial charge < -0.3 is 9.84 Å². The first-order valence-corrected chi connectivity index (χ1v) is 6.04. The Kier molecular flexibility index (Phi) is 3.23. The zero-order valence-corrected chi connectivity index (χ0v) is 11.0. The second-order valence-corrected chi connectivity index (χ2v) is 5.14. The Hall–Kier alpha value is -1.29. The maximum absolute atomic E-state index is 13.7. The zero-order chi connectivity index (χ0) is 13.5. The van der Waals surface area contributed by atoms with E-state index in [1.54, 1.807) is 6.92 Å². The van der Waals surface area contributed by atoms with Crippen molar-refractivity contribution < 1.29 is 19.0 Å². The lowest BCUT2D eigenvalue weighted by Crippen LogP contribution is -2.15. The van der Waals surface area contributed by atoms with Gasteiger partial charge in [0.1, 0.15) is 11.6 Å². The Balaban J connectivity index is 2.54. The molecule has 0 saturated heterocycles. The summed E-state index contributed by atoms with van der Waals surface area (Å²) in [4.78, 5) is 10.9. The van der Waals surface area contributed by atoms with Gasteiger partial charge in [0.2, 0.25) is 0 Å². The number of carboxylic acid groups (broad SMARTS) is 1. The van der Waals surface area contributed by atoms with E-state index in [1.165, 1.54) is 13.2 Å². The van der Waals surface area contributed by atoms with Crippen LogP contribution in [0.5, 0.6) is 5.75 Å². The van der Waals surface area contributed by atoms with E-state index in [0.717, 1.165) is 12.8 Å². The van der Waals surface area contributed by atoms with Crippen molar-refractivity contribution in [3.8, 4) is 5.75 Å². The molecule has 0 radical (unpaired) electrons. The van der Waals surface area contributed by atoms with E-state index >= 15 is 0 Å². The predicted molar refractivity (Wildman–Crippen MR) is 65.9 cm³/mol. The number of ether oxygens (including phenoxy) is 1. The molecule has 1 N–H and O–H groups in total. The fraction of sp³-hybridized carbons (Fsp3) is 0.462. The highest BCUT2D eigenvalue weighted by molar-refractivity contribution is 6.31. The van der Waals surface area contributed by atoms with Gasteiger partial charge in [-0.25, -0.2) is 4.39 Å². The van der Waals surface area contributed by atoms with Gasteiger partial charge in [0, 0.05) is 16.5 Å². The molecule has 0 atom stereocenters. The van der Waals surface area contributed by atoms with Crippen LogP contribution in [0.1, 0.15) is 30.4 Å². The molecular formula is C13H14ClFO3.